The van der Waals surface area contributed by atoms with E-state index in [0.29, 0.717) is 11.8 Å². The number of hydrogen-bond donors (Lipinski definition) is 1. The fourth-order valence-corrected chi connectivity index (χ4v) is 2.33. The summed E-state index contributed by atoms with van der Waals surface area (Å²) in [6.07, 6.45) is 0. The molecule has 7 nitrogen and oxygen atoms in total. The summed E-state index contributed by atoms with van der Waals surface area (Å²) in [6.45, 7) is 4.35. The fourth-order valence-electron chi connectivity index (χ4n) is 1.58. The molecule has 0 radical (unpaired) electrons. The van der Waals surface area contributed by atoms with Gasteiger partial charge < -0.3 is 10.1 Å². The summed E-state index contributed by atoms with van der Waals surface area (Å²) in [5.74, 6) is 0.676. The second-order valence-electron chi connectivity index (χ2n) is 4.29. The molecule has 0 aliphatic rings. The molecule has 0 saturated carbocycles. The van der Waals surface area contributed by atoms with Gasteiger partial charge in [0.1, 0.15) is 5.75 Å². The van der Waals surface area contributed by atoms with Gasteiger partial charge in [-0.1, -0.05) is 11.8 Å². The lowest BCUT2D eigenvalue weighted by atomic mass is 10.3. The van der Waals surface area contributed by atoms with E-state index in [-0.39, 0.29) is 11.2 Å². The van der Waals surface area contributed by atoms with Gasteiger partial charge in [0.15, 0.2) is 0 Å². The second-order valence-corrected chi connectivity index (χ2v) is 5.60. The molecule has 1 aromatic heterocycles. The Labute approximate surface area is 127 Å². The molecule has 0 fully saturated rings. The Morgan fingerprint density at radius 3 is 2.71 bits per heavy atom. The van der Waals surface area contributed by atoms with E-state index in [9.17, 15) is 4.79 Å². The van der Waals surface area contributed by atoms with Gasteiger partial charge in [-0.3, -0.25) is 4.79 Å². The van der Waals surface area contributed by atoms with E-state index >= 15 is 0 Å². The first kappa shape index (κ1) is 15.3. The first-order valence-corrected chi connectivity index (χ1v) is 7.41. The zero-order valence-corrected chi connectivity index (χ0v) is 12.9. The largest absolute Gasteiger partial charge is 0.494 e. The summed E-state index contributed by atoms with van der Waals surface area (Å²) in [5.41, 5.74) is 0.729. The molecular formula is C13H17N5O2S. The van der Waals surface area contributed by atoms with Crippen LogP contribution >= 0.6 is 11.8 Å². The van der Waals surface area contributed by atoms with Crippen molar-refractivity contribution in [2.75, 3.05) is 11.9 Å². The Morgan fingerprint density at radius 1 is 1.43 bits per heavy atom. The van der Waals surface area contributed by atoms with Gasteiger partial charge in [-0.2, -0.15) is 0 Å². The zero-order chi connectivity index (χ0) is 15.2. The molecule has 0 aliphatic carbocycles. The third-order valence-corrected chi connectivity index (χ3v) is 3.79. The van der Waals surface area contributed by atoms with Crippen LogP contribution in [-0.4, -0.2) is 38.0 Å². The fraction of sp³-hybridized carbons (Fsp3) is 0.385. The molecule has 1 aromatic carbocycles. The standard InChI is InChI=1S/C13H17N5O2S/c1-4-20-11-7-5-10(6-8-11)14-12(19)9(2)21-13-15-16-17-18(13)3/h5-9H,4H2,1-3H3,(H,14,19)/t9-/m0/s1. The number of aromatic nitrogens is 4. The first-order valence-electron chi connectivity index (χ1n) is 6.53. The number of benzene rings is 1. The summed E-state index contributed by atoms with van der Waals surface area (Å²) in [4.78, 5) is 12.1. The summed E-state index contributed by atoms with van der Waals surface area (Å²) in [7, 11) is 1.74. The number of carbonyl (C=O) groups excluding carboxylic acids is 1. The average molecular weight is 307 g/mol. The van der Waals surface area contributed by atoms with E-state index in [4.69, 9.17) is 4.74 Å². The highest BCUT2D eigenvalue weighted by Crippen LogP contribution is 2.21. The molecule has 21 heavy (non-hydrogen) atoms. The van der Waals surface area contributed by atoms with E-state index in [2.05, 4.69) is 20.8 Å². The third-order valence-electron chi connectivity index (χ3n) is 2.67. The van der Waals surface area contributed by atoms with Gasteiger partial charge in [0.25, 0.3) is 0 Å². The second kappa shape index (κ2) is 7.07. The highest BCUT2D eigenvalue weighted by Gasteiger charge is 2.17. The van der Waals surface area contributed by atoms with Crippen LogP contribution in [0, 0.1) is 0 Å². The lowest BCUT2D eigenvalue weighted by molar-refractivity contribution is -0.115. The van der Waals surface area contributed by atoms with Crippen LogP contribution in [0.2, 0.25) is 0 Å². The molecule has 1 N–H and O–H groups in total. The van der Waals surface area contributed by atoms with E-state index in [1.54, 1.807) is 7.05 Å². The molecule has 0 aliphatic heterocycles. The number of tetrazole rings is 1. The summed E-state index contributed by atoms with van der Waals surface area (Å²) < 4.78 is 6.89. The highest BCUT2D eigenvalue weighted by molar-refractivity contribution is 8.00. The quantitative estimate of drug-likeness (QED) is 0.818. The molecule has 1 amide bonds. The first-order chi connectivity index (χ1) is 10.1. The van der Waals surface area contributed by atoms with Crippen molar-refractivity contribution < 1.29 is 9.53 Å². The van der Waals surface area contributed by atoms with Crippen LogP contribution < -0.4 is 10.1 Å². The number of hydrogen-bond acceptors (Lipinski definition) is 6. The van der Waals surface area contributed by atoms with Crippen molar-refractivity contribution >= 4 is 23.4 Å². The molecule has 2 rings (SSSR count). The summed E-state index contributed by atoms with van der Waals surface area (Å²) >= 11 is 1.31. The van der Waals surface area contributed by atoms with Gasteiger partial charge in [-0.25, -0.2) is 4.68 Å². The van der Waals surface area contributed by atoms with E-state index in [0.717, 1.165) is 11.4 Å². The van der Waals surface area contributed by atoms with Gasteiger partial charge >= 0.3 is 0 Å². The van der Waals surface area contributed by atoms with Crippen molar-refractivity contribution in [1.82, 2.24) is 20.2 Å². The molecule has 0 spiro atoms. The maximum atomic E-state index is 12.1. The highest BCUT2D eigenvalue weighted by atomic mass is 32.2. The van der Waals surface area contributed by atoms with Crippen molar-refractivity contribution in [3.63, 3.8) is 0 Å². The van der Waals surface area contributed by atoms with Crippen molar-refractivity contribution in [2.45, 2.75) is 24.3 Å². The number of nitrogens with zero attached hydrogens (tertiary/aromatic N) is 4. The minimum absolute atomic E-state index is 0.104. The molecule has 0 bridgehead atoms. The van der Waals surface area contributed by atoms with Gasteiger partial charge in [-0.15, -0.1) is 5.10 Å². The number of amides is 1. The minimum Gasteiger partial charge on any atom is -0.494 e. The topological polar surface area (TPSA) is 81.9 Å². The molecule has 0 saturated heterocycles. The molecule has 0 unspecified atom stereocenters. The Hall–Kier alpha value is -2.09. The predicted molar refractivity (Wildman–Crippen MR) is 80.4 cm³/mol. The zero-order valence-electron chi connectivity index (χ0n) is 12.1. The molecular weight excluding hydrogens is 290 g/mol. The van der Waals surface area contributed by atoms with Crippen molar-refractivity contribution in [1.29, 1.82) is 0 Å². The van der Waals surface area contributed by atoms with Crippen molar-refractivity contribution in [3.8, 4) is 5.75 Å². The minimum atomic E-state index is -0.304. The Balaban J connectivity index is 1.92. The van der Waals surface area contributed by atoms with Crippen LogP contribution in [0.15, 0.2) is 29.4 Å². The molecule has 2 aromatic rings. The molecule has 1 heterocycles. The number of thioether (sulfide) groups is 1. The van der Waals surface area contributed by atoms with Crippen molar-refractivity contribution in [3.05, 3.63) is 24.3 Å². The number of nitrogens with one attached hydrogen (secondary N) is 1. The Kier molecular flexibility index (Phi) is 5.15. The molecule has 112 valence electrons. The average Bonchev–Trinajstić information content (AvgIpc) is 2.86. The van der Waals surface area contributed by atoms with Crippen LogP contribution in [0.5, 0.6) is 5.75 Å². The van der Waals surface area contributed by atoms with Gasteiger partial charge in [0.05, 0.1) is 11.9 Å². The van der Waals surface area contributed by atoms with Crippen molar-refractivity contribution in [2.24, 2.45) is 7.05 Å². The lowest BCUT2D eigenvalue weighted by Gasteiger charge is -2.11. The third kappa shape index (κ3) is 4.19. The van der Waals surface area contributed by atoms with Gasteiger partial charge in [0.2, 0.25) is 11.1 Å². The molecule has 8 heteroatoms. The van der Waals surface area contributed by atoms with Crippen LogP contribution in [0.4, 0.5) is 5.69 Å². The van der Waals surface area contributed by atoms with E-state index in [1.165, 1.54) is 16.4 Å². The normalized spacial score (nSPS) is 12.0. The van der Waals surface area contributed by atoms with Gasteiger partial charge in [-0.05, 0) is 48.5 Å². The maximum absolute atomic E-state index is 12.1. The SMILES string of the molecule is CCOc1ccc(NC(=O)[C@H](C)Sc2nnnn2C)cc1. The van der Waals surface area contributed by atoms with Crippen LogP contribution in [-0.2, 0) is 11.8 Å². The number of anilines is 1. The van der Waals surface area contributed by atoms with Crippen LogP contribution in [0.1, 0.15) is 13.8 Å². The van der Waals surface area contributed by atoms with E-state index < -0.39 is 0 Å². The van der Waals surface area contributed by atoms with Crippen LogP contribution in [0.25, 0.3) is 0 Å². The summed E-state index contributed by atoms with van der Waals surface area (Å²) in [6, 6.07) is 7.27. The number of carbonyl (C=O) groups is 1. The predicted octanol–water partition coefficient (Wildman–Crippen LogP) is 1.73. The maximum Gasteiger partial charge on any atom is 0.237 e. The Bertz CT molecular complexity index is 599. The number of rotatable bonds is 6. The number of ether oxygens (including phenoxy) is 1. The molecule has 1 atom stereocenters. The monoisotopic (exact) mass is 307 g/mol. The van der Waals surface area contributed by atoms with E-state index in [1.807, 2.05) is 38.1 Å². The smallest absolute Gasteiger partial charge is 0.237 e. The Morgan fingerprint density at radius 2 is 2.14 bits per heavy atom. The van der Waals surface area contributed by atoms with Crippen LogP contribution in [0.3, 0.4) is 0 Å². The lowest BCUT2D eigenvalue weighted by Crippen LogP contribution is -2.22. The van der Waals surface area contributed by atoms with Gasteiger partial charge in [0, 0.05) is 12.7 Å². The number of aryl methyl sites for hydroxylation is 1. The summed E-state index contributed by atoms with van der Waals surface area (Å²) in [5, 5.41) is 14.3.